The summed E-state index contributed by atoms with van der Waals surface area (Å²) in [6, 6.07) is 9.36. The molecule has 0 amide bonds. The summed E-state index contributed by atoms with van der Waals surface area (Å²) < 4.78 is 11.3. The minimum Gasteiger partial charge on any atom is -0.490 e. The average molecular weight is 325 g/mol. The molecule has 3 rings (SSSR count). The van der Waals surface area contributed by atoms with E-state index in [2.05, 4.69) is 20.9 Å². The van der Waals surface area contributed by atoms with E-state index in [0.717, 1.165) is 37.5 Å². The van der Waals surface area contributed by atoms with Crippen LogP contribution in [0, 0.1) is 11.3 Å². The first-order valence-electron chi connectivity index (χ1n) is 7.77. The summed E-state index contributed by atoms with van der Waals surface area (Å²) in [5.41, 5.74) is 6.44. The normalized spacial score (nSPS) is 14.9. The number of benzene rings is 1. The molecule has 7 nitrogen and oxygen atoms in total. The molecular formula is C17H19N5O2. The number of hydrogen-bond donors (Lipinski definition) is 1. The first-order chi connectivity index (χ1) is 11.7. The van der Waals surface area contributed by atoms with E-state index in [4.69, 9.17) is 20.5 Å². The first kappa shape index (κ1) is 15.9. The lowest BCUT2D eigenvalue weighted by molar-refractivity contribution is 0.170. The summed E-state index contributed by atoms with van der Waals surface area (Å²) in [4.78, 5) is 10.4. The van der Waals surface area contributed by atoms with Crippen LogP contribution in [0.15, 0.2) is 30.6 Å². The number of rotatable bonds is 4. The number of nitrogen functional groups attached to an aromatic ring is 1. The second kappa shape index (κ2) is 7.04. The van der Waals surface area contributed by atoms with Crippen molar-refractivity contribution < 1.29 is 9.47 Å². The molecule has 2 heterocycles. The standard InChI is InChI=1S/C17H19N5O2/c1-23-15-16(19)20-11-21-17(15)22-7-5-13(6-8-22)24-14-4-2-3-12(9-14)10-18/h2-4,9,11,13H,5-8H2,1H3,(H2,19,20,21). The van der Waals surface area contributed by atoms with Crippen LogP contribution in [-0.2, 0) is 0 Å². The maximum atomic E-state index is 8.95. The molecule has 1 aliphatic heterocycles. The third kappa shape index (κ3) is 3.33. The fraction of sp³-hybridized carbons (Fsp3) is 0.353. The Kier molecular flexibility index (Phi) is 4.66. The number of aromatic nitrogens is 2. The van der Waals surface area contributed by atoms with E-state index in [1.54, 1.807) is 19.2 Å². The summed E-state index contributed by atoms with van der Waals surface area (Å²) in [6.07, 6.45) is 3.26. The third-order valence-corrected chi connectivity index (χ3v) is 4.02. The van der Waals surface area contributed by atoms with Gasteiger partial charge in [-0.25, -0.2) is 9.97 Å². The Bertz CT molecular complexity index is 751. The maximum Gasteiger partial charge on any atom is 0.204 e. The van der Waals surface area contributed by atoms with Gasteiger partial charge < -0.3 is 20.1 Å². The van der Waals surface area contributed by atoms with Gasteiger partial charge in [0.1, 0.15) is 18.2 Å². The molecule has 0 aliphatic carbocycles. The number of nitrogens with two attached hydrogens (primary N) is 1. The molecular weight excluding hydrogens is 306 g/mol. The highest BCUT2D eigenvalue weighted by atomic mass is 16.5. The van der Waals surface area contributed by atoms with Crippen molar-refractivity contribution in [3.05, 3.63) is 36.2 Å². The lowest BCUT2D eigenvalue weighted by atomic mass is 10.1. The quantitative estimate of drug-likeness (QED) is 0.918. The molecule has 0 unspecified atom stereocenters. The average Bonchev–Trinajstić information content (AvgIpc) is 2.62. The van der Waals surface area contributed by atoms with Crippen molar-refractivity contribution in [3.8, 4) is 17.6 Å². The number of nitriles is 1. The van der Waals surface area contributed by atoms with Crippen LogP contribution in [0.4, 0.5) is 11.6 Å². The predicted molar refractivity (Wildman–Crippen MR) is 90.0 cm³/mol. The van der Waals surface area contributed by atoms with Crippen molar-refractivity contribution in [2.75, 3.05) is 30.8 Å². The van der Waals surface area contributed by atoms with Crippen LogP contribution in [-0.4, -0.2) is 36.3 Å². The van der Waals surface area contributed by atoms with Gasteiger partial charge in [-0.15, -0.1) is 0 Å². The van der Waals surface area contributed by atoms with Crippen LogP contribution >= 0.6 is 0 Å². The summed E-state index contributed by atoms with van der Waals surface area (Å²) in [6.45, 7) is 1.57. The van der Waals surface area contributed by atoms with Crippen molar-refractivity contribution in [1.29, 1.82) is 5.26 Å². The smallest absolute Gasteiger partial charge is 0.204 e. The number of hydrogen-bond acceptors (Lipinski definition) is 7. The number of anilines is 2. The molecule has 7 heteroatoms. The van der Waals surface area contributed by atoms with Gasteiger partial charge in [-0.05, 0) is 18.2 Å². The molecule has 1 aliphatic rings. The first-order valence-corrected chi connectivity index (χ1v) is 7.77. The highest BCUT2D eigenvalue weighted by Gasteiger charge is 2.24. The zero-order valence-corrected chi connectivity index (χ0v) is 13.5. The van der Waals surface area contributed by atoms with Crippen LogP contribution in [0.3, 0.4) is 0 Å². The van der Waals surface area contributed by atoms with Gasteiger partial charge in [0.15, 0.2) is 11.6 Å². The summed E-state index contributed by atoms with van der Waals surface area (Å²) in [5.74, 6) is 2.30. The highest BCUT2D eigenvalue weighted by molar-refractivity contribution is 5.62. The Labute approximate surface area is 140 Å². The van der Waals surface area contributed by atoms with E-state index in [-0.39, 0.29) is 6.10 Å². The largest absolute Gasteiger partial charge is 0.490 e. The molecule has 24 heavy (non-hydrogen) atoms. The second-order valence-electron chi connectivity index (χ2n) is 5.56. The molecule has 0 spiro atoms. The molecule has 0 radical (unpaired) electrons. The lowest BCUT2D eigenvalue weighted by Crippen LogP contribution is -2.39. The molecule has 1 aromatic carbocycles. The minimum atomic E-state index is 0.111. The number of methoxy groups -OCH3 is 1. The molecule has 0 bridgehead atoms. The fourth-order valence-electron chi connectivity index (χ4n) is 2.82. The van der Waals surface area contributed by atoms with Crippen LogP contribution in [0.2, 0.25) is 0 Å². The predicted octanol–water partition coefficient (Wildman–Crippen LogP) is 1.99. The SMILES string of the molecule is COc1c(N)ncnc1N1CCC(Oc2cccc(C#N)c2)CC1. The molecule has 1 aromatic heterocycles. The van der Waals surface area contributed by atoms with Crippen molar-refractivity contribution in [3.63, 3.8) is 0 Å². The topological polar surface area (TPSA) is 97.3 Å². The Morgan fingerprint density at radius 2 is 2.08 bits per heavy atom. The van der Waals surface area contributed by atoms with Crippen LogP contribution in [0.25, 0.3) is 0 Å². The number of piperidine rings is 1. The Balaban J connectivity index is 1.64. The van der Waals surface area contributed by atoms with E-state index in [9.17, 15) is 0 Å². The molecule has 124 valence electrons. The summed E-state index contributed by atoms with van der Waals surface area (Å²) >= 11 is 0. The Hall–Kier alpha value is -3.01. The summed E-state index contributed by atoms with van der Waals surface area (Å²) in [5, 5.41) is 8.95. The van der Waals surface area contributed by atoms with Crippen LogP contribution in [0.5, 0.6) is 11.5 Å². The van der Waals surface area contributed by atoms with Crippen molar-refractivity contribution in [2.24, 2.45) is 0 Å². The van der Waals surface area contributed by atoms with Gasteiger partial charge in [-0.3, -0.25) is 0 Å². The molecule has 0 atom stereocenters. The van der Waals surface area contributed by atoms with Gasteiger partial charge >= 0.3 is 0 Å². The van der Waals surface area contributed by atoms with E-state index in [1.165, 1.54) is 6.33 Å². The fourth-order valence-corrected chi connectivity index (χ4v) is 2.82. The van der Waals surface area contributed by atoms with E-state index >= 15 is 0 Å². The van der Waals surface area contributed by atoms with Crippen molar-refractivity contribution in [1.82, 2.24) is 9.97 Å². The molecule has 2 N–H and O–H groups in total. The zero-order valence-electron chi connectivity index (χ0n) is 13.5. The molecule has 1 fully saturated rings. The molecule has 1 saturated heterocycles. The monoisotopic (exact) mass is 325 g/mol. The Morgan fingerprint density at radius 1 is 1.29 bits per heavy atom. The second-order valence-corrected chi connectivity index (χ2v) is 5.56. The van der Waals surface area contributed by atoms with Gasteiger partial charge in [0.05, 0.1) is 18.7 Å². The zero-order chi connectivity index (χ0) is 16.9. The Morgan fingerprint density at radius 3 is 2.79 bits per heavy atom. The molecule has 0 saturated carbocycles. The number of nitrogens with zero attached hydrogens (tertiary/aromatic N) is 4. The van der Waals surface area contributed by atoms with Crippen molar-refractivity contribution in [2.45, 2.75) is 18.9 Å². The van der Waals surface area contributed by atoms with Gasteiger partial charge in [-0.2, -0.15) is 5.26 Å². The van der Waals surface area contributed by atoms with Crippen molar-refractivity contribution >= 4 is 11.6 Å². The number of ether oxygens (including phenoxy) is 2. The maximum absolute atomic E-state index is 8.95. The molecule has 2 aromatic rings. The lowest BCUT2D eigenvalue weighted by Gasteiger charge is -2.33. The third-order valence-electron chi connectivity index (χ3n) is 4.02. The van der Waals surface area contributed by atoms with E-state index in [0.29, 0.717) is 17.1 Å². The highest BCUT2D eigenvalue weighted by Crippen LogP contribution is 2.32. The van der Waals surface area contributed by atoms with E-state index in [1.807, 2.05) is 12.1 Å². The van der Waals surface area contributed by atoms with Gasteiger partial charge in [0.2, 0.25) is 5.75 Å². The van der Waals surface area contributed by atoms with Gasteiger partial charge in [-0.1, -0.05) is 6.07 Å². The summed E-state index contributed by atoms with van der Waals surface area (Å²) in [7, 11) is 1.57. The van der Waals surface area contributed by atoms with Crippen LogP contribution < -0.4 is 20.1 Å². The minimum absolute atomic E-state index is 0.111. The van der Waals surface area contributed by atoms with Gasteiger partial charge in [0, 0.05) is 25.9 Å². The van der Waals surface area contributed by atoms with E-state index < -0.39 is 0 Å². The van der Waals surface area contributed by atoms with Gasteiger partial charge in [0.25, 0.3) is 0 Å². The van der Waals surface area contributed by atoms with Crippen LogP contribution in [0.1, 0.15) is 18.4 Å².